The molecule has 34 heavy (non-hydrogen) atoms. The van der Waals surface area contributed by atoms with E-state index in [1.54, 1.807) is 6.07 Å². The van der Waals surface area contributed by atoms with Crippen LogP contribution in [0.3, 0.4) is 0 Å². The van der Waals surface area contributed by atoms with E-state index in [4.69, 9.17) is 4.74 Å². The van der Waals surface area contributed by atoms with Crippen LogP contribution < -0.4 is 15.0 Å². The molecule has 1 amide bonds. The number of carbonyl (C=O) groups is 1. The number of para-hydroxylation sites is 1. The lowest BCUT2D eigenvalue weighted by atomic mass is 10.1. The summed E-state index contributed by atoms with van der Waals surface area (Å²) in [7, 11) is 0. The molecule has 0 saturated carbocycles. The molecule has 4 rings (SSSR count). The standard InChI is InChI=1S/C26H28N4O4/c31-26(20-34-25-12-6-11-24(17-25)30(32)33)27-18-21-7-4-5-8-22(21)19-28-13-15-29(16-14-28)23-9-2-1-3-10-23/h1-12,17H,13-16,18-20H2,(H,27,31). The van der Waals surface area contributed by atoms with Gasteiger partial charge in [0.25, 0.3) is 11.6 Å². The first kappa shape index (κ1) is 23.3. The molecule has 1 fully saturated rings. The zero-order valence-electron chi connectivity index (χ0n) is 18.9. The van der Waals surface area contributed by atoms with Crippen molar-refractivity contribution in [2.75, 3.05) is 37.7 Å². The molecule has 0 aliphatic carbocycles. The maximum absolute atomic E-state index is 12.3. The van der Waals surface area contributed by atoms with E-state index in [9.17, 15) is 14.9 Å². The Labute approximate surface area is 198 Å². The van der Waals surface area contributed by atoms with E-state index in [-0.39, 0.29) is 18.2 Å². The van der Waals surface area contributed by atoms with Gasteiger partial charge in [0, 0.05) is 51.0 Å². The largest absolute Gasteiger partial charge is 0.484 e. The van der Waals surface area contributed by atoms with Crippen LogP contribution in [0, 0.1) is 10.1 Å². The highest BCUT2D eigenvalue weighted by molar-refractivity contribution is 5.77. The summed E-state index contributed by atoms with van der Waals surface area (Å²) in [6.45, 7) is 4.95. The van der Waals surface area contributed by atoms with Crippen LogP contribution in [0.25, 0.3) is 0 Å². The van der Waals surface area contributed by atoms with Crippen LogP contribution in [0.15, 0.2) is 78.9 Å². The Kier molecular flexibility index (Phi) is 7.72. The van der Waals surface area contributed by atoms with E-state index >= 15 is 0 Å². The average molecular weight is 461 g/mol. The van der Waals surface area contributed by atoms with Crippen LogP contribution >= 0.6 is 0 Å². The third-order valence-corrected chi connectivity index (χ3v) is 5.88. The monoisotopic (exact) mass is 460 g/mol. The second-order valence-electron chi connectivity index (χ2n) is 8.19. The van der Waals surface area contributed by atoms with Gasteiger partial charge in [-0.15, -0.1) is 0 Å². The molecule has 8 nitrogen and oxygen atoms in total. The minimum absolute atomic E-state index is 0.0727. The Balaban J connectivity index is 1.26. The van der Waals surface area contributed by atoms with Crippen molar-refractivity contribution in [2.24, 2.45) is 0 Å². The Morgan fingerprint density at radius 2 is 1.62 bits per heavy atom. The van der Waals surface area contributed by atoms with Crippen molar-refractivity contribution in [2.45, 2.75) is 13.1 Å². The smallest absolute Gasteiger partial charge is 0.273 e. The molecule has 0 atom stereocenters. The average Bonchev–Trinajstić information content (AvgIpc) is 2.88. The molecule has 3 aromatic carbocycles. The number of nitrogens with zero attached hydrogens (tertiary/aromatic N) is 3. The number of nitrogens with one attached hydrogen (secondary N) is 1. The fourth-order valence-corrected chi connectivity index (χ4v) is 4.01. The molecule has 1 heterocycles. The number of non-ortho nitro benzene ring substituents is 1. The van der Waals surface area contributed by atoms with Crippen molar-refractivity contribution in [1.82, 2.24) is 10.2 Å². The summed E-state index contributed by atoms with van der Waals surface area (Å²) >= 11 is 0. The number of benzene rings is 3. The summed E-state index contributed by atoms with van der Waals surface area (Å²) in [5, 5.41) is 13.8. The van der Waals surface area contributed by atoms with Crippen molar-refractivity contribution in [3.63, 3.8) is 0 Å². The first-order valence-corrected chi connectivity index (χ1v) is 11.3. The van der Waals surface area contributed by atoms with Gasteiger partial charge in [-0.25, -0.2) is 0 Å². The molecular weight excluding hydrogens is 432 g/mol. The molecule has 1 aliphatic rings. The van der Waals surface area contributed by atoms with E-state index in [0.717, 1.165) is 38.3 Å². The van der Waals surface area contributed by atoms with Crippen molar-refractivity contribution in [1.29, 1.82) is 0 Å². The second-order valence-corrected chi connectivity index (χ2v) is 8.19. The van der Waals surface area contributed by atoms with E-state index in [2.05, 4.69) is 45.4 Å². The van der Waals surface area contributed by atoms with Crippen molar-refractivity contribution < 1.29 is 14.5 Å². The maximum atomic E-state index is 12.3. The Morgan fingerprint density at radius 3 is 2.35 bits per heavy atom. The first-order chi connectivity index (χ1) is 16.6. The van der Waals surface area contributed by atoms with Gasteiger partial charge in [-0.3, -0.25) is 19.8 Å². The molecule has 3 aromatic rings. The third kappa shape index (κ3) is 6.32. The highest BCUT2D eigenvalue weighted by Crippen LogP contribution is 2.20. The molecule has 1 aliphatic heterocycles. The van der Waals surface area contributed by atoms with E-state index in [0.29, 0.717) is 12.3 Å². The Hall–Kier alpha value is -3.91. The van der Waals surface area contributed by atoms with E-state index in [1.807, 2.05) is 24.3 Å². The number of amides is 1. The number of rotatable bonds is 9. The van der Waals surface area contributed by atoms with Gasteiger partial charge < -0.3 is 15.0 Å². The van der Waals surface area contributed by atoms with Gasteiger partial charge in [0.15, 0.2) is 6.61 Å². The quantitative estimate of drug-likeness (QED) is 0.388. The molecule has 8 heteroatoms. The van der Waals surface area contributed by atoms with Crippen LogP contribution in [-0.2, 0) is 17.9 Å². The molecule has 1 saturated heterocycles. The normalized spacial score (nSPS) is 13.9. The van der Waals surface area contributed by atoms with Crippen LogP contribution in [-0.4, -0.2) is 48.5 Å². The number of ether oxygens (including phenoxy) is 1. The minimum atomic E-state index is -0.495. The first-order valence-electron chi connectivity index (χ1n) is 11.3. The number of hydrogen-bond acceptors (Lipinski definition) is 6. The van der Waals surface area contributed by atoms with Crippen LogP contribution in [0.5, 0.6) is 5.75 Å². The van der Waals surface area contributed by atoms with Crippen molar-refractivity contribution >= 4 is 17.3 Å². The predicted molar refractivity (Wildman–Crippen MR) is 131 cm³/mol. The fraction of sp³-hybridized carbons (Fsp3) is 0.269. The molecule has 0 bridgehead atoms. The number of anilines is 1. The zero-order valence-corrected chi connectivity index (χ0v) is 18.9. The topological polar surface area (TPSA) is 87.9 Å². The molecular formula is C26H28N4O4. The Bertz CT molecular complexity index is 1110. The molecule has 176 valence electrons. The lowest BCUT2D eigenvalue weighted by Crippen LogP contribution is -2.46. The number of nitro groups is 1. The third-order valence-electron chi connectivity index (χ3n) is 5.88. The minimum Gasteiger partial charge on any atom is -0.484 e. The van der Waals surface area contributed by atoms with E-state index < -0.39 is 4.92 Å². The van der Waals surface area contributed by atoms with Gasteiger partial charge in [-0.05, 0) is 29.3 Å². The van der Waals surface area contributed by atoms with Gasteiger partial charge in [0.1, 0.15) is 5.75 Å². The molecule has 0 aromatic heterocycles. The molecule has 0 radical (unpaired) electrons. The molecule has 1 N–H and O–H groups in total. The zero-order chi connectivity index (χ0) is 23.8. The summed E-state index contributed by atoms with van der Waals surface area (Å²) in [5.41, 5.74) is 3.45. The fourth-order valence-electron chi connectivity index (χ4n) is 4.01. The molecule has 0 spiro atoms. The number of carbonyl (C=O) groups excluding carboxylic acids is 1. The number of piperazine rings is 1. The summed E-state index contributed by atoms with van der Waals surface area (Å²) in [5.74, 6) is 0.0113. The number of nitro benzene ring substituents is 1. The Morgan fingerprint density at radius 1 is 0.912 bits per heavy atom. The van der Waals surface area contributed by atoms with Gasteiger partial charge >= 0.3 is 0 Å². The van der Waals surface area contributed by atoms with Gasteiger partial charge in [0.05, 0.1) is 11.0 Å². The second kappa shape index (κ2) is 11.3. The summed E-state index contributed by atoms with van der Waals surface area (Å²) in [6, 6.07) is 24.4. The lowest BCUT2D eigenvalue weighted by Gasteiger charge is -2.36. The number of hydrogen-bond donors (Lipinski definition) is 1. The van der Waals surface area contributed by atoms with Crippen LogP contribution in [0.2, 0.25) is 0 Å². The highest BCUT2D eigenvalue weighted by atomic mass is 16.6. The van der Waals surface area contributed by atoms with Gasteiger partial charge in [0.2, 0.25) is 0 Å². The highest BCUT2D eigenvalue weighted by Gasteiger charge is 2.18. The van der Waals surface area contributed by atoms with E-state index in [1.165, 1.54) is 29.4 Å². The summed E-state index contributed by atoms with van der Waals surface area (Å²) in [4.78, 5) is 27.5. The SMILES string of the molecule is O=C(COc1cccc([N+](=O)[O-])c1)NCc1ccccc1CN1CCN(c2ccccc2)CC1. The van der Waals surface area contributed by atoms with Crippen molar-refractivity contribution in [3.8, 4) is 5.75 Å². The lowest BCUT2D eigenvalue weighted by molar-refractivity contribution is -0.384. The summed E-state index contributed by atoms with van der Waals surface area (Å²) < 4.78 is 5.42. The van der Waals surface area contributed by atoms with Crippen molar-refractivity contribution in [3.05, 3.63) is 100 Å². The van der Waals surface area contributed by atoms with Gasteiger partial charge in [-0.1, -0.05) is 48.5 Å². The molecule has 0 unspecified atom stereocenters. The predicted octanol–water partition coefficient (Wildman–Crippen LogP) is 3.61. The van der Waals surface area contributed by atoms with Crippen LogP contribution in [0.1, 0.15) is 11.1 Å². The maximum Gasteiger partial charge on any atom is 0.273 e. The van der Waals surface area contributed by atoms with Crippen LogP contribution in [0.4, 0.5) is 11.4 Å². The summed E-state index contributed by atoms with van der Waals surface area (Å²) in [6.07, 6.45) is 0. The van der Waals surface area contributed by atoms with Gasteiger partial charge in [-0.2, -0.15) is 0 Å².